The predicted molar refractivity (Wildman–Crippen MR) is 116 cm³/mol. The molecule has 1 aliphatic heterocycles. The minimum Gasteiger partial charge on any atom is -0.378 e. The third kappa shape index (κ3) is 6.57. The minimum absolute atomic E-state index is 0.0536. The van der Waals surface area contributed by atoms with Crippen molar-refractivity contribution in [2.45, 2.75) is 12.4 Å². The Morgan fingerprint density at radius 3 is 2.09 bits per heavy atom. The Morgan fingerprint density at radius 2 is 1.57 bits per heavy atom. The van der Waals surface area contributed by atoms with Gasteiger partial charge in [0.2, 0.25) is 0 Å². The van der Waals surface area contributed by atoms with Crippen LogP contribution in [0.25, 0.3) is 0 Å². The number of thiocarbonyl (C=S) groups is 1. The monoisotopic (exact) mass is 522 g/mol. The maximum Gasteiger partial charge on any atom is 0.416 e. The van der Waals surface area contributed by atoms with Gasteiger partial charge in [-0.15, -0.1) is 0 Å². The maximum atomic E-state index is 13.0. The predicted octanol–water partition coefficient (Wildman–Crippen LogP) is 4.60. The molecule has 8 nitrogen and oxygen atoms in total. The Balaban J connectivity index is 1.79. The number of rotatable bonds is 4. The molecular weight excluding hydrogens is 506 g/mol. The van der Waals surface area contributed by atoms with Gasteiger partial charge in [-0.1, -0.05) is 0 Å². The normalized spacial score (nSPS) is 14.4. The Kier molecular flexibility index (Phi) is 7.50. The van der Waals surface area contributed by atoms with Gasteiger partial charge in [-0.3, -0.25) is 20.2 Å². The van der Waals surface area contributed by atoms with Crippen molar-refractivity contribution in [2.24, 2.45) is 0 Å². The van der Waals surface area contributed by atoms with Crippen LogP contribution in [-0.4, -0.2) is 42.2 Å². The fourth-order valence-corrected chi connectivity index (χ4v) is 3.46. The van der Waals surface area contributed by atoms with Crippen molar-refractivity contribution in [1.29, 1.82) is 0 Å². The van der Waals surface area contributed by atoms with Gasteiger partial charge in [0.15, 0.2) is 5.11 Å². The number of morpholine rings is 1. The lowest BCUT2D eigenvalue weighted by molar-refractivity contribution is -0.384. The molecule has 0 aromatic heterocycles. The molecule has 0 saturated carbocycles. The molecule has 15 heteroatoms. The largest absolute Gasteiger partial charge is 0.416 e. The van der Waals surface area contributed by atoms with Gasteiger partial charge in [0, 0.05) is 30.4 Å². The van der Waals surface area contributed by atoms with E-state index in [9.17, 15) is 41.3 Å². The molecule has 3 rings (SSSR count). The van der Waals surface area contributed by atoms with Crippen molar-refractivity contribution in [3.05, 3.63) is 63.2 Å². The summed E-state index contributed by atoms with van der Waals surface area (Å²) in [4.78, 5) is 25.1. The number of hydrogen-bond acceptors (Lipinski definition) is 6. The van der Waals surface area contributed by atoms with Crippen molar-refractivity contribution < 1.29 is 40.8 Å². The number of hydrogen-bond donors (Lipinski definition) is 2. The molecule has 0 atom stereocenters. The van der Waals surface area contributed by atoms with Crippen molar-refractivity contribution in [1.82, 2.24) is 5.32 Å². The molecule has 35 heavy (non-hydrogen) atoms. The van der Waals surface area contributed by atoms with Crippen LogP contribution in [-0.2, 0) is 17.1 Å². The van der Waals surface area contributed by atoms with E-state index in [0.717, 1.165) is 6.07 Å². The first kappa shape index (κ1) is 26.2. The maximum absolute atomic E-state index is 13.0. The fourth-order valence-electron chi connectivity index (χ4n) is 3.25. The molecule has 1 heterocycles. The molecule has 188 valence electrons. The molecule has 0 aliphatic carbocycles. The van der Waals surface area contributed by atoms with Crippen LogP contribution >= 0.6 is 12.2 Å². The summed E-state index contributed by atoms with van der Waals surface area (Å²) in [5.41, 5.74) is -4.11. The quantitative estimate of drug-likeness (QED) is 0.262. The molecule has 0 radical (unpaired) electrons. The molecule has 2 aromatic carbocycles. The number of nitrogens with zero attached hydrogens (tertiary/aromatic N) is 2. The van der Waals surface area contributed by atoms with Crippen molar-refractivity contribution >= 4 is 40.3 Å². The highest BCUT2D eigenvalue weighted by molar-refractivity contribution is 7.80. The molecule has 0 spiro atoms. The van der Waals surface area contributed by atoms with Crippen LogP contribution in [0.2, 0.25) is 0 Å². The van der Waals surface area contributed by atoms with Gasteiger partial charge in [0.05, 0.1) is 29.3 Å². The first-order valence-electron chi connectivity index (χ1n) is 9.78. The first-order chi connectivity index (χ1) is 16.3. The van der Waals surface area contributed by atoms with Gasteiger partial charge in [0.1, 0.15) is 5.69 Å². The van der Waals surface area contributed by atoms with Crippen molar-refractivity contribution in [2.75, 3.05) is 36.5 Å². The lowest BCUT2D eigenvalue weighted by atomic mass is 10.1. The van der Waals surface area contributed by atoms with E-state index in [0.29, 0.717) is 38.4 Å². The van der Waals surface area contributed by atoms with Crippen LogP contribution in [0.3, 0.4) is 0 Å². The second kappa shape index (κ2) is 10.0. The zero-order chi connectivity index (χ0) is 26.0. The van der Waals surface area contributed by atoms with Crippen LogP contribution in [0, 0.1) is 10.1 Å². The van der Waals surface area contributed by atoms with Gasteiger partial charge >= 0.3 is 12.4 Å². The molecule has 2 N–H and O–H groups in total. The molecule has 0 bridgehead atoms. The summed E-state index contributed by atoms with van der Waals surface area (Å²) < 4.78 is 83.3. The Bertz CT molecular complexity index is 1120. The standard InChI is InChI=1S/C20H16F6N4O4S/c21-19(22,23)12-8-13(20(24,25)26)10-14(9-12)27-18(35)28-17(31)11-1-2-15(16(7-11)30(32)33)29-3-5-34-6-4-29/h1-2,7-10H,3-6H2,(H2,27,28,31,35). The number of anilines is 2. The zero-order valence-electron chi connectivity index (χ0n) is 17.5. The van der Waals surface area contributed by atoms with Gasteiger partial charge in [0.25, 0.3) is 11.6 Å². The Morgan fingerprint density at radius 1 is 1.00 bits per heavy atom. The number of nitro benzene ring substituents is 1. The smallest absolute Gasteiger partial charge is 0.378 e. The summed E-state index contributed by atoms with van der Waals surface area (Å²) >= 11 is 4.84. The highest BCUT2D eigenvalue weighted by Crippen LogP contribution is 2.37. The molecule has 1 amide bonds. The molecule has 1 aliphatic rings. The number of carbonyl (C=O) groups is 1. The topological polar surface area (TPSA) is 96.7 Å². The highest BCUT2D eigenvalue weighted by Gasteiger charge is 2.37. The van der Waals surface area contributed by atoms with E-state index in [1.54, 1.807) is 4.90 Å². The molecule has 2 aromatic rings. The number of nitrogens with one attached hydrogen (secondary N) is 2. The van der Waals surface area contributed by atoms with Crippen LogP contribution in [0.1, 0.15) is 21.5 Å². The number of carbonyl (C=O) groups excluding carboxylic acids is 1. The third-order valence-electron chi connectivity index (χ3n) is 4.86. The van der Waals surface area contributed by atoms with Gasteiger partial charge < -0.3 is 15.0 Å². The van der Waals surface area contributed by atoms with Crippen molar-refractivity contribution in [3.63, 3.8) is 0 Å². The zero-order valence-corrected chi connectivity index (χ0v) is 18.3. The van der Waals surface area contributed by atoms with E-state index in [2.05, 4.69) is 10.6 Å². The SMILES string of the molecule is O=C(NC(=S)Nc1cc(C(F)(F)F)cc(C(F)(F)F)c1)c1ccc(N2CCOCC2)c([N+](=O)[O-])c1. The highest BCUT2D eigenvalue weighted by atomic mass is 32.1. The number of nitro groups is 1. The molecule has 0 unspecified atom stereocenters. The van der Waals surface area contributed by atoms with Crippen LogP contribution in [0.15, 0.2) is 36.4 Å². The van der Waals surface area contributed by atoms with Crippen LogP contribution in [0.5, 0.6) is 0 Å². The molecular formula is C20H16F6N4O4S. The first-order valence-corrected chi connectivity index (χ1v) is 10.2. The van der Waals surface area contributed by atoms with E-state index >= 15 is 0 Å². The second-order valence-corrected chi connectivity index (χ2v) is 7.67. The lowest BCUT2D eigenvalue weighted by Crippen LogP contribution is -2.37. The lowest BCUT2D eigenvalue weighted by Gasteiger charge is -2.28. The fraction of sp³-hybridized carbons (Fsp3) is 0.300. The summed E-state index contributed by atoms with van der Waals surface area (Å²) in [7, 11) is 0. The van der Waals surface area contributed by atoms with E-state index in [1.165, 1.54) is 12.1 Å². The summed E-state index contributed by atoms with van der Waals surface area (Å²) in [6.07, 6.45) is -10.1. The Labute approximate surface area is 199 Å². The van der Waals surface area contributed by atoms with E-state index < -0.39 is 45.1 Å². The van der Waals surface area contributed by atoms with Gasteiger partial charge in [-0.25, -0.2) is 0 Å². The average Bonchev–Trinajstić information content (AvgIpc) is 2.77. The minimum atomic E-state index is -5.07. The van der Waals surface area contributed by atoms with Crippen LogP contribution < -0.4 is 15.5 Å². The summed E-state index contributed by atoms with van der Waals surface area (Å²) in [5, 5.41) is 15.1. The summed E-state index contributed by atoms with van der Waals surface area (Å²) in [5.74, 6) is -0.956. The van der Waals surface area contributed by atoms with Crippen LogP contribution in [0.4, 0.5) is 43.4 Å². The van der Waals surface area contributed by atoms with Crippen molar-refractivity contribution in [3.8, 4) is 0 Å². The number of benzene rings is 2. The third-order valence-corrected chi connectivity index (χ3v) is 5.06. The number of halogens is 6. The Hall–Kier alpha value is -3.46. The van der Waals surface area contributed by atoms with E-state index in [4.69, 9.17) is 17.0 Å². The van der Waals surface area contributed by atoms with E-state index in [1.807, 2.05) is 0 Å². The molecule has 1 saturated heterocycles. The van der Waals surface area contributed by atoms with Gasteiger partial charge in [-0.05, 0) is 42.5 Å². The summed E-state index contributed by atoms with van der Waals surface area (Å²) in [6.45, 7) is 1.53. The second-order valence-electron chi connectivity index (χ2n) is 7.26. The van der Waals surface area contributed by atoms with Gasteiger partial charge in [-0.2, -0.15) is 26.3 Å². The van der Waals surface area contributed by atoms with E-state index in [-0.39, 0.29) is 23.0 Å². The summed E-state index contributed by atoms with van der Waals surface area (Å²) in [6, 6.07) is 4.38. The average molecular weight is 522 g/mol. The number of ether oxygens (including phenoxy) is 1. The number of alkyl halides is 6. The molecule has 1 fully saturated rings. The number of amides is 1.